The van der Waals surface area contributed by atoms with Crippen LogP contribution in [0.4, 0.5) is 11.5 Å². The zero-order valence-electron chi connectivity index (χ0n) is 11.8. The summed E-state index contributed by atoms with van der Waals surface area (Å²) in [5, 5.41) is 13.9. The maximum absolute atomic E-state index is 12.0. The van der Waals surface area contributed by atoms with Gasteiger partial charge in [0.25, 0.3) is 5.91 Å². The van der Waals surface area contributed by atoms with Crippen molar-refractivity contribution in [2.45, 2.75) is 19.8 Å². The molecule has 5 nitrogen and oxygen atoms in total. The van der Waals surface area contributed by atoms with Crippen molar-refractivity contribution in [3.05, 3.63) is 46.6 Å². The van der Waals surface area contributed by atoms with Crippen LogP contribution in [0.5, 0.6) is 0 Å². The van der Waals surface area contributed by atoms with Gasteiger partial charge in [0, 0.05) is 16.7 Å². The lowest BCUT2D eigenvalue weighted by atomic mass is 10.3. The van der Waals surface area contributed by atoms with Crippen molar-refractivity contribution in [2.24, 2.45) is 0 Å². The molecule has 0 spiro atoms. The summed E-state index contributed by atoms with van der Waals surface area (Å²) in [6, 6.07) is 10.8. The molecule has 1 heterocycles. The highest BCUT2D eigenvalue weighted by Gasteiger charge is 2.08. The number of amides is 1. The normalized spacial score (nSPS) is 10.2. The summed E-state index contributed by atoms with van der Waals surface area (Å²) < 4.78 is 0.904. The van der Waals surface area contributed by atoms with Gasteiger partial charge in [-0.15, -0.1) is 10.2 Å². The van der Waals surface area contributed by atoms with Gasteiger partial charge in [-0.1, -0.05) is 35.3 Å². The van der Waals surface area contributed by atoms with Crippen LogP contribution < -0.4 is 10.6 Å². The van der Waals surface area contributed by atoms with Crippen molar-refractivity contribution < 1.29 is 4.79 Å². The molecule has 0 bridgehead atoms. The number of carbonyl (C=O) groups excluding carboxylic acids is 1. The van der Waals surface area contributed by atoms with Crippen molar-refractivity contribution >= 4 is 33.3 Å². The molecule has 0 aliphatic rings. The van der Waals surface area contributed by atoms with Gasteiger partial charge in [0.2, 0.25) is 0 Å². The molecule has 2 N–H and O–H groups in total. The Morgan fingerprint density at radius 3 is 2.76 bits per heavy atom. The lowest BCUT2D eigenvalue weighted by Gasteiger charge is -2.06. The Hall–Kier alpha value is -1.95. The predicted octanol–water partition coefficient (Wildman–Crippen LogP) is 3.70. The molecule has 0 unspecified atom stereocenters. The van der Waals surface area contributed by atoms with E-state index in [9.17, 15) is 4.79 Å². The second-order valence-corrected chi connectivity index (χ2v) is 5.46. The van der Waals surface area contributed by atoms with Crippen LogP contribution in [0.2, 0.25) is 0 Å². The first kappa shape index (κ1) is 15.4. The number of nitrogens with zero attached hydrogens (tertiary/aromatic N) is 2. The highest BCUT2D eigenvalue weighted by molar-refractivity contribution is 9.10. The fourth-order valence-corrected chi connectivity index (χ4v) is 2.10. The van der Waals surface area contributed by atoms with Crippen molar-refractivity contribution in [3.8, 4) is 0 Å². The second kappa shape index (κ2) is 7.73. The molecule has 0 aliphatic heterocycles. The lowest BCUT2D eigenvalue weighted by Crippen LogP contribution is -2.15. The summed E-state index contributed by atoms with van der Waals surface area (Å²) in [5.74, 6) is 0.406. The summed E-state index contributed by atoms with van der Waals surface area (Å²) in [5.41, 5.74) is 0.998. The van der Waals surface area contributed by atoms with Crippen molar-refractivity contribution in [1.29, 1.82) is 0 Å². The van der Waals surface area contributed by atoms with Gasteiger partial charge < -0.3 is 10.6 Å². The molecule has 0 fully saturated rings. The van der Waals surface area contributed by atoms with Crippen molar-refractivity contribution in [3.63, 3.8) is 0 Å². The van der Waals surface area contributed by atoms with E-state index in [1.807, 2.05) is 24.3 Å². The van der Waals surface area contributed by atoms with Gasteiger partial charge in [0.15, 0.2) is 5.69 Å². The van der Waals surface area contributed by atoms with Gasteiger partial charge in [-0.25, -0.2) is 0 Å². The van der Waals surface area contributed by atoms with Crippen LogP contribution in [0.25, 0.3) is 0 Å². The van der Waals surface area contributed by atoms with Gasteiger partial charge in [-0.2, -0.15) is 0 Å². The number of unbranched alkanes of at least 4 members (excludes halogenated alkanes) is 1. The largest absolute Gasteiger partial charge is 0.369 e. The van der Waals surface area contributed by atoms with Crippen LogP contribution in [0.3, 0.4) is 0 Å². The second-order valence-electron chi connectivity index (χ2n) is 4.55. The summed E-state index contributed by atoms with van der Waals surface area (Å²) in [6.07, 6.45) is 2.19. The Bertz CT molecular complexity index is 601. The molecule has 0 aliphatic carbocycles. The molecule has 21 heavy (non-hydrogen) atoms. The van der Waals surface area contributed by atoms with E-state index in [0.717, 1.165) is 23.9 Å². The van der Waals surface area contributed by atoms with Gasteiger partial charge in [-0.3, -0.25) is 4.79 Å². The van der Waals surface area contributed by atoms with Gasteiger partial charge in [-0.05, 0) is 36.8 Å². The maximum Gasteiger partial charge on any atom is 0.276 e. The fraction of sp³-hybridized carbons (Fsp3) is 0.267. The van der Waals surface area contributed by atoms with Crippen LogP contribution in [0.15, 0.2) is 40.9 Å². The number of aromatic nitrogens is 2. The summed E-state index contributed by atoms with van der Waals surface area (Å²) in [4.78, 5) is 12.0. The topological polar surface area (TPSA) is 66.9 Å². The highest BCUT2D eigenvalue weighted by atomic mass is 79.9. The van der Waals surface area contributed by atoms with Gasteiger partial charge in [0.1, 0.15) is 5.82 Å². The van der Waals surface area contributed by atoms with Crippen molar-refractivity contribution in [1.82, 2.24) is 10.2 Å². The number of nitrogens with one attached hydrogen (secondary N) is 2. The fourth-order valence-electron chi connectivity index (χ4n) is 1.70. The molecule has 1 amide bonds. The molecular weight excluding hydrogens is 332 g/mol. The molecule has 0 saturated carbocycles. The smallest absolute Gasteiger partial charge is 0.276 e. The molecule has 110 valence electrons. The number of benzene rings is 1. The summed E-state index contributed by atoms with van der Waals surface area (Å²) in [7, 11) is 0. The van der Waals surface area contributed by atoms with E-state index in [4.69, 9.17) is 0 Å². The standard InChI is InChI=1S/C15H17BrN4O/c1-2-3-9-17-14-8-7-13(19-20-14)15(21)18-12-6-4-5-11(16)10-12/h4-8,10H,2-3,9H2,1H3,(H,17,20)(H,18,21). The van der Waals surface area contributed by atoms with Crippen LogP contribution in [-0.4, -0.2) is 22.6 Å². The molecule has 0 atom stereocenters. The first-order valence-electron chi connectivity index (χ1n) is 6.83. The number of rotatable bonds is 6. The maximum atomic E-state index is 12.0. The monoisotopic (exact) mass is 348 g/mol. The minimum absolute atomic E-state index is 0.277. The number of halogens is 1. The number of carbonyl (C=O) groups is 1. The highest BCUT2D eigenvalue weighted by Crippen LogP contribution is 2.16. The number of anilines is 2. The van der Waals surface area contributed by atoms with Crippen LogP contribution >= 0.6 is 15.9 Å². The zero-order valence-corrected chi connectivity index (χ0v) is 13.4. The number of hydrogen-bond acceptors (Lipinski definition) is 4. The molecule has 2 rings (SSSR count). The Morgan fingerprint density at radius 2 is 2.10 bits per heavy atom. The van der Waals surface area contributed by atoms with E-state index in [1.54, 1.807) is 12.1 Å². The van der Waals surface area contributed by atoms with Crippen LogP contribution in [0, 0.1) is 0 Å². The molecule has 0 saturated heterocycles. The van der Waals surface area contributed by atoms with Crippen LogP contribution in [-0.2, 0) is 0 Å². The van der Waals surface area contributed by atoms with Gasteiger partial charge in [0.05, 0.1) is 0 Å². The van der Waals surface area contributed by atoms with Crippen LogP contribution in [0.1, 0.15) is 30.3 Å². The molecule has 6 heteroatoms. The average molecular weight is 349 g/mol. The Labute approximate surface area is 132 Å². The third kappa shape index (κ3) is 4.82. The quantitative estimate of drug-likeness (QED) is 0.781. The molecular formula is C15H17BrN4O. The third-order valence-electron chi connectivity index (χ3n) is 2.82. The first-order chi connectivity index (χ1) is 10.2. The van der Waals surface area contributed by atoms with E-state index in [2.05, 4.69) is 43.7 Å². The minimum atomic E-state index is -0.277. The minimum Gasteiger partial charge on any atom is -0.369 e. The van der Waals surface area contributed by atoms with Crippen molar-refractivity contribution in [2.75, 3.05) is 17.2 Å². The molecule has 0 radical (unpaired) electrons. The number of hydrogen-bond donors (Lipinski definition) is 2. The van der Waals surface area contributed by atoms with E-state index < -0.39 is 0 Å². The summed E-state index contributed by atoms with van der Waals surface area (Å²) in [6.45, 7) is 2.98. The third-order valence-corrected chi connectivity index (χ3v) is 3.31. The van der Waals surface area contributed by atoms with E-state index in [0.29, 0.717) is 11.5 Å². The molecule has 1 aromatic carbocycles. The Morgan fingerprint density at radius 1 is 1.24 bits per heavy atom. The molecule has 1 aromatic heterocycles. The average Bonchev–Trinajstić information content (AvgIpc) is 2.48. The lowest BCUT2D eigenvalue weighted by molar-refractivity contribution is 0.102. The van der Waals surface area contributed by atoms with Gasteiger partial charge >= 0.3 is 0 Å². The Balaban J connectivity index is 1.96. The molecule has 2 aromatic rings. The summed E-state index contributed by atoms with van der Waals surface area (Å²) >= 11 is 3.36. The van der Waals surface area contributed by atoms with E-state index >= 15 is 0 Å². The predicted molar refractivity (Wildman–Crippen MR) is 87.5 cm³/mol. The first-order valence-corrected chi connectivity index (χ1v) is 7.63. The Kier molecular flexibility index (Phi) is 5.68. The van der Waals surface area contributed by atoms with E-state index in [1.165, 1.54) is 0 Å². The van der Waals surface area contributed by atoms with E-state index in [-0.39, 0.29) is 11.6 Å². The zero-order chi connectivity index (χ0) is 15.1. The SMILES string of the molecule is CCCCNc1ccc(C(=O)Nc2cccc(Br)c2)nn1.